The summed E-state index contributed by atoms with van der Waals surface area (Å²) < 4.78 is 7.23. The van der Waals surface area contributed by atoms with Gasteiger partial charge < -0.3 is 9.30 Å². The Morgan fingerprint density at radius 1 is 1.21 bits per heavy atom. The number of fused-ring (bicyclic) bond motifs is 1. The van der Waals surface area contributed by atoms with Crippen molar-refractivity contribution in [1.82, 2.24) is 19.1 Å². The molecule has 8 nitrogen and oxygen atoms in total. The van der Waals surface area contributed by atoms with E-state index in [9.17, 15) is 14.4 Å². The lowest BCUT2D eigenvalue weighted by Gasteiger charge is -2.15. The third kappa shape index (κ3) is 4.83. The molecule has 2 aliphatic heterocycles. The van der Waals surface area contributed by atoms with Crippen LogP contribution in [0.5, 0.6) is 0 Å². The van der Waals surface area contributed by atoms with Gasteiger partial charge in [-0.3, -0.25) is 9.59 Å². The number of carbonyl (C=O) groups is 1. The number of rotatable bonds is 5. The lowest BCUT2D eigenvalue weighted by atomic mass is 10.2. The Balaban J connectivity index is 0.00000136. The molecule has 0 spiro atoms. The number of ether oxygens (including phenoxy) is 1. The summed E-state index contributed by atoms with van der Waals surface area (Å²) in [6.07, 6.45) is 3.31. The lowest BCUT2D eigenvalue weighted by molar-refractivity contribution is -0.143. The first-order chi connectivity index (χ1) is 13.5. The van der Waals surface area contributed by atoms with Gasteiger partial charge in [0.15, 0.2) is 5.82 Å². The second-order valence-electron chi connectivity index (χ2n) is 5.45. The highest BCUT2D eigenvalue weighted by Crippen LogP contribution is 2.15. The summed E-state index contributed by atoms with van der Waals surface area (Å²) in [7, 11) is 0. The minimum absolute atomic E-state index is 0.165. The highest BCUT2D eigenvalue weighted by atomic mass is 35.5. The summed E-state index contributed by atoms with van der Waals surface area (Å²) in [4.78, 5) is 44.5. The SMILES string of the molecule is CC.CCOC(=O)Cn1c(=O)nc2n(Cc3ccc(Cl)nc3)cccc-2c1=O. The van der Waals surface area contributed by atoms with Crippen molar-refractivity contribution in [2.24, 2.45) is 0 Å². The zero-order valence-corrected chi connectivity index (χ0v) is 16.6. The number of hydrogen-bond donors (Lipinski definition) is 0. The highest BCUT2D eigenvalue weighted by molar-refractivity contribution is 6.29. The van der Waals surface area contributed by atoms with Crippen LogP contribution in [-0.2, 0) is 22.6 Å². The van der Waals surface area contributed by atoms with Crippen molar-refractivity contribution in [3.63, 3.8) is 0 Å². The maximum Gasteiger partial charge on any atom is 0.353 e. The molecular weight excluding hydrogens is 384 g/mol. The standard InChI is InChI=1S/C17H15ClN4O4.C2H6/c1-2-26-14(23)10-22-16(24)12-4-3-7-21(15(12)20-17(22)25)9-11-5-6-13(18)19-8-11;1-2/h3-8H,2,9-10H2,1H3;1-2H3. The maximum atomic E-state index is 12.6. The summed E-state index contributed by atoms with van der Waals surface area (Å²) >= 11 is 5.78. The first-order valence-corrected chi connectivity index (χ1v) is 9.23. The van der Waals surface area contributed by atoms with Crippen LogP contribution in [0.2, 0.25) is 5.15 Å². The minimum atomic E-state index is -0.801. The van der Waals surface area contributed by atoms with Crippen LogP contribution in [0, 0.1) is 0 Å². The Morgan fingerprint density at radius 3 is 2.61 bits per heavy atom. The quantitative estimate of drug-likeness (QED) is 0.477. The Hall–Kier alpha value is -3.00. The van der Waals surface area contributed by atoms with Crippen molar-refractivity contribution in [2.45, 2.75) is 33.9 Å². The van der Waals surface area contributed by atoms with Gasteiger partial charge >= 0.3 is 11.7 Å². The molecule has 0 N–H and O–H groups in total. The van der Waals surface area contributed by atoms with Gasteiger partial charge in [0.1, 0.15) is 11.7 Å². The van der Waals surface area contributed by atoms with E-state index < -0.39 is 23.8 Å². The molecule has 0 atom stereocenters. The van der Waals surface area contributed by atoms with Crippen LogP contribution in [0.1, 0.15) is 26.3 Å². The molecule has 1 aromatic rings. The molecule has 2 aliphatic rings. The summed E-state index contributed by atoms with van der Waals surface area (Å²) in [6.45, 7) is 5.70. The minimum Gasteiger partial charge on any atom is -0.465 e. The number of nitrogens with zero attached hydrogens (tertiary/aromatic N) is 4. The van der Waals surface area contributed by atoms with Crippen molar-refractivity contribution in [1.29, 1.82) is 0 Å². The molecule has 0 saturated carbocycles. The molecule has 0 bridgehead atoms. The van der Waals surface area contributed by atoms with Crippen molar-refractivity contribution in [2.75, 3.05) is 6.61 Å². The van der Waals surface area contributed by atoms with Crippen molar-refractivity contribution in [3.05, 3.63) is 68.2 Å². The number of hydrogen-bond acceptors (Lipinski definition) is 6. The van der Waals surface area contributed by atoms with E-state index in [0.717, 1.165) is 10.1 Å². The molecular formula is C19H21ClN4O4. The molecule has 0 aromatic carbocycles. The fraction of sp³-hybridized carbons (Fsp3) is 0.316. The predicted octanol–water partition coefficient (Wildman–Crippen LogP) is 2.20. The Morgan fingerprint density at radius 2 is 1.96 bits per heavy atom. The molecule has 0 amide bonds. The van der Waals surface area contributed by atoms with E-state index in [2.05, 4.69) is 9.97 Å². The maximum absolute atomic E-state index is 12.6. The molecule has 148 valence electrons. The molecule has 0 unspecified atom stereocenters. The van der Waals surface area contributed by atoms with Crippen LogP contribution in [0.4, 0.5) is 0 Å². The van der Waals surface area contributed by atoms with Crippen LogP contribution >= 0.6 is 11.6 Å². The van der Waals surface area contributed by atoms with Crippen LogP contribution in [0.3, 0.4) is 0 Å². The zero-order chi connectivity index (χ0) is 20.7. The second-order valence-corrected chi connectivity index (χ2v) is 5.84. The fourth-order valence-corrected chi connectivity index (χ4v) is 2.63. The van der Waals surface area contributed by atoms with E-state index in [1.165, 1.54) is 0 Å². The average molecular weight is 405 g/mol. The molecule has 0 aliphatic carbocycles. The third-order valence-electron chi connectivity index (χ3n) is 3.68. The van der Waals surface area contributed by atoms with Gasteiger partial charge in [-0.25, -0.2) is 14.3 Å². The lowest BCUT2D eigenvalue weighted by Crippen LogP contribution is -2.40. The summed E-state index contributed by atoms with van der Waals surface area (Å²) in [5.74, 6) is -0.429. The van der Waals surface area contributed by atoms with E-state index in [0.29, 0.717) is 11.7 Å². The van der Waals surface area contributed by atoms with Crippen LogP contribution in [0.15, 0.2) is 46.2 Å². The Kier molecular flexibility index (Phi) is 7.45. The largest absolute Gasteiger partial charge is 0.465 e. The average Bonchev–Trinajstić information content (AvgIpc) is 2.69. The first kappa shape index (κ1) is 21.3. The van der Waals surface area contributed by atoms with Gasteiger partial charge in [0.2, 0.25) is 0 Å². The molecule has 3 rings (SSSR count). The number of halogens is 1. The van der Waals surface area contributed by atoms with Gasteiger partial charge in [-0.15, -0.1) is 0 Å². The van der Waals surface area contributed by atoms with Gasteiger partial charge in [0.25, 0.3) is 5.56 Å². The number of pyridine rings is 2. The first-order valence-electron chi connectivity index (χ1n) is 8.85. The second kappa shape index (κ2) is 9.80. The number of aromatic nitrogens is 4. The Labute approximate surface area is 166 Å². The molecule has 3 heterocycles. The molecule has 0 radical (unpaired) electrons. The predicted molar refractivity (Wildman–Crippen MR) is 106 cm³/mol. The third-order valence-corrected chi connectivity index (χ3v) is 3.91. The van der Waals surface area contributed by atoms with E-state index in [1.54, 1.807) is 48.1 Å². The summed E-state index contributed by atoms with van der Waals surface area (Å²) in [5.41, 5.74) is -0.323. The van der Waals surface area contributed by atoms with E-state index in [1.807, 2.05) is 13.8 Å². The molecule has 1 aromatic heterocycles. The van der Waals surface area contributed by atoms with Gasteiger partial charge in [-0.05, 0) is 30.7 Å². The van der Waals surface area contributed by atoms with E-state index in [-0.39, 0.29) is 18.0 Å². The van der Waals surface area contributed by atoms with E-state index >= 15 is 0 Å². The van der Waals surface area contributed by atoms with Crippen LogP contribution in [0.25, 0.3) is 11.4 Å². The topological polar surface area (TPSA) is 96.1 Å². The molecule has 0 fully saturated rings. The van der Waals surface area contributed by atoms with Gasteiger partial charge in [-0.2, -0.15) is 4.98 Å². The van der Waals surface area contributed by atoms with Gasteiger partial charge in [-0.1, -0.05) is 31.5 Å². The normalized spacial score (nSPS) is 10.3. The smallest absolute Gasteiger partial charge is 0.353 e. The van der Waals surface area contributed by atoms with Crippen LogP contribution < -0.4 is 11.2 Å². The summed E-state index contributed by atoms with van der Waals surface area (Å²) in [6, 6.07) is 6.68. The van der Waals surface area contributed by atoms with Crippen molar-refractivity contribution >= 4 is 17.6 Å². The summed E-state index contributed by atoms with van der Waals surface area (Å²) in [5, 5.41) is 0.374. The van der Waals surface area contributed by atoms with Crippen molar-refractivity contribution in [3.8, 4) is 11.4 Å². The van der Waals surface area contributed by atoms with Gasteiger partial charge in [0, 0.05) is 12.4 Å². The van der Waals surface area contributed by atoms with Crippen LogP contribution in [-0.4, -0.2) is 31.7 Å². The number of esters is 1. The monoisotopic (exact) mass is 404 g/mol. The molecule has 0 saturated heterocycles. The fourth-order valence-electron chi connectivity index (χ4n) is 2.52. The Bertz CT molecular complexity index is 1030. The zero-order valence-electron chi connectivity index (χ0n) is 15.9. The molecule has 9 heteroatoms. The van der Waals surface area contributed by atoms with E-state index in [4.69, 9.17) is 16.3 Å². The van der Waals surface area contributed by atoms with Crippen molar-refractivity contribution < 1.29 is 9.53 Å². The molecule has 28 heavy (non-hydrogen) atoms. The number of carbonyl (C=O) groups excluding carboxylic acids is 1. The highest BCUT2D eigenvalue weighted by Gasteiger charge is 2.19. The van der Waals surface area contributed by atoms with Gasteiger partial charge in [0.05, 0.1) is 18.7 Å².